The predicted molar refractivity (Wildman–Crippen MR) is 96.2 cm³/mol. The van der Waals surface area contributed by atoms with E-state index >= 15 is 0 Å². The van der Waals surface area contributed by atoms with Crippen molar-refractivity contribution in [2.45, 2.75) is 17.7 Å². The highest BCUT2D eigenvalue weighted by molar-refractivity contribution is 7.91. The first-order valence-electron chi connectivity index (χ1n) is 8.09. The summed E-state index contributed by atoms with van der Waals surface area (Å²) in [5.74, 6) is -0.872. The van der Waals surface area contributed by atoms with Crippen LogP contribution < -0.4 is 5.32 Å². The standard InChI is InChI=1S/C17H19FN2O4S2/c1-12-2-3-13(18)10-15(12)17(21)19-11-14-4-5-16(25-14)26(22,23)20-6-8-24-9-7-20/h2-5,10H,6-9,11H2,1H3,(H,19,21). The summed E-state index contributed by atoms with van der Waals surface area (Å²) >= 11 is 1.12. The van der Waals surface area contributed by atoms with Gasteiger partial charge in [0.2, 0.25) is 0 Å². The molecule has 0 unspecified atom stereocenters. The summed E-state index contributed by atoms with van der Waals surface area (Å²) in [6.07, 6.45) is 0. The lowest BCUT2D eigenvalue weighted by molar-refractivity contribution is 0.0731. The first-order chi connectivity index (χ1) is 12.4. The van der Waals surface area contributed by atoms with Gasteiger partial charge in [-0.25, -0.2) is 12.8 Å². The second kappa shape index (κ2) is 7.83. The number of morpholine rings is 1. The number of halogens is 1. The molecule has 26 heavy (non-hydrogen) atoms. The van der Waals surface area contributed by atoms with E-state index in [1.54, 1.807) is 25.1 Å². The highest BCUT2D eigenvalue weighted by Crippen LogP contribution is 2.25. The molecule has 0 bridgehead atoms. The van der Waals surface area contributed by atoms with Crippen molar-refractivity contribution >= 4 is 27.3 Å². The van der Waals surface area contributed by atoms with Crippen LogP contribution in [0.5, 0.6) is 0 Å². The molecule has 0 spiro atoms. The molecule has 1 fully saturated rings. The topological polar surface area (TPSA) is 75.7 Å². The smallest absolute Gasteiger partial charge is 0.252 e. The minimum absolute atomic E-state index is 0.179. The van der Waals surface area contributed by atoms with E-state index in [1.807, 2.05) is 0 Å². The number of nitrogens with one attached hydrogen (secondary N) is 1. The van der Waals surface area contributed by atoms with Crippen LogP contribution in [0.3, 0.4) is 0 Å². The minimum atomic E-state index is -3.53. The van der Waals surface area contributed by atoms with Crippen molar-refractivity contribution in [3.8, 4) is 0 Å². The number of aryl methyl sites for hydroxylation is 1. The number of carbonyl (C=O) groups excluding carboxylic acids is 1. The Kier molecular flexibility index (Phi) is 5.71. The highest BCUT2D eigenvalue weighted by atomic mass is 32.2. The van der Waals surface area contributed by atoms with Gasteiger partial charge in [0.05, 0.1) is 19.8 Å². The van der Waals surface area contributed by atoms with Crippen molar-refractivity contribution in [2.24, 2.45) is 0 Å². The number of carbonyl (C=O) groups is 1. The Morgan fingerprint density at radius 3 is 2.73 bits per heavy atom. The second-order valence-corrected chi connectivity index (χ2v) is 9.21. The maximum Gasteiger partial charge on any atom is 0.252 e. The zero-order chi connectivity index (χ0) is 18.7. The van der Waals surface area contributed by atoms with Crippen LogP contribution in [0.1, 0.15) is 20.8 Å². The molecular formula is C17H19FN2O4S2. The summed E-state index contributed by atoms with van der Waals surface area (Å²) in [6, 6.07) is 7.26. The zero-order valence-electron chi connectivity index (χ0n) is 14.2. The zero-order valence-corrected chi connectivity index (χ0v) is 15.8. The molecule has 1 aliphatic rings. The molecule has 9 heteroatoms. The molecule has 1 aliphatic heterocycles. The van der Waals surface area contributed by atoms with E-state index in [0.29, 0.717) is 36.7 Å². The number of amides is 1. The van der Waals surface area contributed by atoms with Gasteiger partial charge in [0, 0.05) is 23.5 Å². The molecule has 140 valence electrons. The van der Waals surface area contributed by atoms with Crippen LogP contribution in [0.25, 0.3) is 0 Å². The Morgan fingerprint density at radius 2 is 2.00 bits per heavy atom. The van der Waals surface area contributed by atoms with Crippen LogP contribution in [0.2, 0.25) is 0 Å². The van der Waals surface area contributed by atoms with E-state index < -0.39 is 21.7 Å². The minimum Gasteiger partial charge on any atom is -0.379 e. The van der Waals surface area contributed by atoms with Crippen molar-refractivity contribution in [1.82, 2.24) is 9.62 Å². The summed E-state index contributed by atoms with van der Waals surface area (Å²) in [5, 5.41) is 2.70. The fraction of sp³-hybridized carbons (Fsp3) is 0.353. The molecular weight excluding hydrogens is 379 g/mol. The maximum absolute atomic E-state index is 13.3. The van der Waals surface area contributed by atoms with E-state index in [-0.39, 0.29) is 16.3 Å². The lowest BCUT2D eigenvalue weighted by Crippen LogP contribution is -2.40. The molecule has 0 atom stereocenters. The maximum atomic E-state index is 13.3. The van der Waals surface area contributed by atoms with Crippen LogP contribution in [0.15, 0.2) is 34.5 Å². The highest BCUT2D eigenvalue weighted by Gasteiger charge is 2.27. The molecule has 0 saturated carbocycles. The molecule has 0 aliphatic carbocycles. The third kappa shape index (κ3) is 4.12. The lowest BCUT2D eigenvalue weighted by Gasteiger charge is -2.25. The van der Waals surface area contributed by atoms with Gasteiger partial charge in [-0.05, 0) is 36.8 Å². The largest absolute Gasteiger partial charge is 0.379 e. The number of hydrogen-bond acceptors (Lipinski definition) is 5. The molecule has 1 saturated heterocycles. The SMILES string of the molecule is Cc1ccc(F)cc1C(=O)NCc1ccc(S(=O)(=O)N2CCOCC2)s1. The van der Waals surface area contributed by atoms with E-state index in [1.165, 1.54) is 16.4 Å². The van der Waals surface area contributed by atoms with Gasteiger partial charge >= 0.3 is 0 Å². The molecule has 2 aromatic rings. The normalized spacial score (nSPS) is 15.8. The summed E-state index contributed by atoms with van der Waals surface area (Å²) in [5.41, 5.74) is 0.938. The number of ether oxygens (including phenoxy) is 1. The fourth-order valence-electron chi connectivity index (χ4n) is 2.61. The van der Waals surface area contributed by atoms with Crippen LogP contribution >= 0.6 is 11.3 Å². The number of rotatable bonds is 5. The molecule has 2 heterocycles. The number of thiophene rings is 1. The number of sulfonamides is 1. The first kappa shape index (κ1) is 19.0. The van der Waals surface area contributed by atoms with Gasteiger partial charge in [-0.1, -0.05) is 6.07 Å². The van der Waals surface area contributed by atoms with E-state index in [2.05, 4.69) is 5.32 Å². The van der Waals surface area contributed by atoms with Crippen LogP contribution in [0, 0.1) is 12.7 Å². The van der Waals surface area contributed by atoms with E-state index in [0.717, 1.165) is 11.3 Å². The average molecular weight is 398 g/mol. The number of hydrogen-bond donors (Lipinski definition) is 1. The molecule has 0 radical (unpaired) electrons. The Bertz CT molecular complexity index is 905. The lowest BCUT2D eigenvalue weighted by atomic mass is 10.1. The third-order valence-electron chi connectivity index (χ3n) is 4.07. The number of nitrogens with zero attached hydrogens (tertiary/aromatic N) is 1. The molecule has 1 aromatic carbocycles. The quantitative estimate of drug-likeness (QED) is 0.837. The van der Waals surface area contributed by atoms with Gasteiger partial charge in [0.15, 0.2) is 0 Å². The van der Waals surface area contributed by atoms with Crippen molar-refractivity contribution < 1.29 is 22.3 Å². The Labute approximate surface area is 155 Å². The summed E-state index contributed by atoms with van der Waals surface area (Å²) in [4.78, 5) is 12.9. The predicted octanol–water partition coefficient (Wildman–Crippen LogP) is 2.15. The Balaban J connectivity index is 1.67. The second-order valence-electron chi connectivity index (χ2n) is 5.88. The third-order valence-corrected chi connectivity index (χ3v) is 7.52. The Hall–Kier alpha value is -1.81. The van der Waals surface area contributed by atoms with Crippen LogP contribution in [-0.2, 0) is 21.3 Å². The molecule has 1 aromatic heterocycles. The summed E-state index contributed by atoms with van der Waals surface area (Å²) in [7, 11) is -3.53. The van der Waals surface area contributed by atoms with Gasteiger partial charge in [0.25, 0.3) is 15.9 Å². The van der Waals surface area contributed by atoms with Crippen LogP contribution in [0.4, 0.5) is 4.39 Å². The fourth-order valence-corrected chi connectivity index (χ4v) is 5.47. The van der Waals surface area contributed by atoms with E-state index in [9.17, 15) is 17.6 Å². The van der Waals surface area contributed by atoms with Gasteiger partial charge in [0.1, 0.15) is 10.0 Å². The van der Waals surface area contributed by atoms with Gasteiger partial charge in [-0.2, -0.15) is 4.31 Å². The van der Waals surface area contributed by atoms with Gasteiger partial charge < -0.3 is 10.1 Å². The first-order valence-corrected chi connectivity index (χ1v) is 10.3. The van der Waals surface area contributed by atoms with Gasteiger partial charge in [-0.15, -0.1) is 11.3 Å². The van der Waals surface area contributed by atoms with Crippen molar-refractivity contribution in [2.75, 3.05) is 26.3 Å². The Morgan fingerprint density at radius 1 is 1.27 bits per heavy atom. The molecule has 1 amide bonds. The average Bonchev–Trinajstić information content (AvgIpc) is 3.12. The van der Waals surface area contributed by atoms with Crippen LogP contribution in [-0.4, -0.2) is 44.9 Å². The van der Waals surface area contributed by atoms with Gasteiger partial charge in [-0.3, -0.25) is 4.79 Å². The van der Waals surface area contributed by atoms with Crippen molar-refractivity contribution in [3.63, 3.8) is 0 Å². The summed E-state index contributed by atoms with van der Waals surface area (Å²) < 4.78 is 45.3. The monoisotopic (exact) mass is 398 g/mol. The number of benzene rings is 1. The molecule has 1 N–H and O–H groups in total. The van der Waals surface area contributed by atoms with Crippen molar-refractivity contribution in [3.05, 3.63) is 52.2 Å². The van der Waals surface area contributed by atoms with E-state index in [4.69, 9.17) is 4.74 Å². The summed E-state index contributed by atoms with van der Waals surface area (Å²) in [6.45, 7) is 3.36. The van der Waals surface area contributed by atoms with Crippen molar-refractivity contribution in [1.29, 1.82) is 0 Å². The molecule has 3 rings (SSSR count). The molecule has 6 nitrogen and oxygen atoms in total.